The smallest absolute Gasteiger partial charge is 0.246 e. The molecule has 1 aliphatic heterocycles. The molecule has 0 saturated carbocycles. The van der Waals surface area contributed by atoms with E-state index in [9.17, 15) is 0 Å². The molecule has 0 aliphatic carbocycles. The van der Waals surface area contributed by atoms with Crippen molar-refractivity contribution in [2.45, 2.75) is 26.2 Å². The second kappa shape index (κ2) is 4.21. The van der Waals surface area contributed by atoms with Crippen molar-refractivity contribution in [3.8, 4) is 11.5 Å². The Morgan fingerprint density at radius 2 is 2.00 bits per heavy atom. The van der Waals surface area contributed by atoms with Gasteiger partial charge in [-0.1, -0.05) is 0 Å². The number of anilines is 1. The summed E-state index contributed by atoms with van der Waals surface area (Å²) in [5, 5.41) is 7.60. The average molecular weight is 261 g/mol. The van der Waals surface area contributed by atoms with E-state index in [4.69, 9.17) is 9.47 Å². The van der Waals surface area contributed by atoms with Crippen molar-refractivity contribution in [1.82, 2.24) is 0 Å². The molecule has 3 rings (SSSR count). The van der Waals surface area contributed by atoms with E-state index in [0.717, 1.165) is 23.7 Å². The van der Waals surface area contributed by atoms with Crippen LogP contribution in [0.1, 0.15) is 19.4 Å². The van der Waals surface area contributed by atoms with Crippen LogP contribution < -0.4 is 14.8 Å². The Bertz CT molecular complexity index is 549. The number of thiophene rings is 1. The quantitative estimate of drug-likeness (QED) is 0.909. The van der Waals surface area contributed by atoms with Crippen molar-refractivity contribution in [3.63, 3.8) is 0 Å². The summed E-state index contributed by atoms with van der Waals surface area (Å²) < 4.78 is 11.4. The van der Waals surface area contributed by atoms with Crippen LogP contribution in [0.5, 0.6) is 11.5 Å². The number of ether oxygens (including phenoxy) is 2. The summed E-state index contributed by atoms with van der Waals surface area (Å²) in [6, 6.07) is 8.06. The Morgan fingerprint density at radius 1 is 1.17 bits per heavy atom. The maximum absolute atomic E-state index is 5.71. The summed E-state index contributed by atoms with van der Waals surface area (Å²) in [6.07, 6.45) is 0. The molecule has 0 saturated heterocycles. The molecule has 1 aromatic heterocycles. The fourth-order valence-corrected chi connectivity index (χ4v) is 2.60. The van der Waals surface area contributed by atoms with Crippen LogP contribution in [0.25, 0.3) is 0 Å². The lowest BCUT2D eigenvalue weighted by Gasteiger charge is -2.16. The van der Waals surface area contributed by atoms with Crippen LogP contribution in [0, 0.1) is 0 Å². The summed E-state index contributed by atoms with van der Waals surface area (Å²) >= 11 is 1.71. The third-order valence-electron chi connectivity index (χ3n) is 2.73. The van der Waals surface area contributed by atoms with E-state index in [-0.39, 0.29) is 0 Å². The fourth-order valence-electron chi connectivity index (χ4n) is 1.93. The highest BCUT2D eigenvalue weighted by Gasteiger charge is 2.31. The SMILES string of the molecule is CC1(C)Oc2ccc(NCc3ccsc3)cc2O1. The molecule has 0 fully saturated rings. The lowest BCUT2D eigenvalue weighted by Crippen LogP contribution is -2.29. The van der Waals surface area contributed by atoms with Crippen molar-refractivity contribution in [2.75, 3.05) is 5.32 Å². The molecule has 94 valence electrons. The zero-order chi connectivity index (χ0) is 12.6. The number of hydrogen-bond acceptors (Lipinski definition) is 4. The van der Waals surface area contributed by atoms with Gasteiger partial charge in [-0.15, -0.1) is 0 Å². The van der Waals surface area contributed by atoms with Gasteiger partial charge in [-0.2, -0.15) is 11.3 Å². The zero-order valence-electron chi connectivity index (χ0n) is 10.4. The zero-order valence-corrected chi connectivity index (χ0v) is 11.2. The molecule has 18 heavy (non-hydrogen) atoms. The van der Waals surface area contributed by atoms with Crippen molar-refractivity contribution in [3.05, 3.63) is 40.6 Å². The van der Waals surface area contributed by atoms with E-state index in [2.05, 4.69) is 22.1 Å². The first-order valence-electron chi connectivity index (χ1n) is 5.89. The maximum Gasteiger partial charge on any atom is 0.246 e. The highest BCUT2D eigenvalue weighted by Crippen LogP contribution is 2.40. The Balaban J connectivity index is 1.72. The number of fused-ring (bicyclic) bond motifs is 1. The third kappa shape index (κ3) is 2.29. The van der Waals surface area contributed by atoms with Gasteiger partial charge in [-0.25, -0.2) is 0 Å². The van der Waals surface area contributed by atoms with E-state index in [1.807, 2.05) is 32.0 Å². The molecular weight excluding hydrogens is 246 g/mol. The molecule has 0 amide bonds. The summed E-state index contributed by atoms with van der Waals surface area (Å²) in [4.78, 5) is 0. The monoisotopic (exact) mass is 261 g/mol. The molecule has 0 atom stereocenters. The van der Waals surface area contributed by atoms with Crippen molar-refractivity contribution < 1.29 is 9.47 Å². The average Bonchev–Trinajstić information content (AvgIpc) is 2.90. The van der Waals surface area contributed by atoms with E-state index >= 15 is 0 Å². The van der Waals surface area contributed by atoms with Crippen molar-refractivity contribution in [2.24, 2.45) is 0 Å². The largest absolute Gasteiger partial charge is 0.449 e. The van der Waals surface area contributed by atoms with Gasteiger partial charge >= 0.3 is 0 Å². The van der Waals surface area contributed by atoms with Crippen LogP contribution in [-0.2, 0) is 6.54 Å². The van der Waals surface area contributed by atoms with Gasteiger partial charge in [0.05, 0.1) is 0 Å². The lowest BCUT2D eigenvalue weighted by molar-refractivity contribution is -0.0431. The summed E-state index contributed by atoms with van der Waals surface area (Å²) in [7, 11) is 0. The Labute approximate surface area is 110 Å². The molecule has 0 spiro atoms. The first-order chi connectivity index (χ1) is 8.62. The summed E-state index contributed by atoms with van der Waals surface area (Å²) in [5.41, 5.74) is 2.33. The van der Waals surface area contributed by atoms with E-state index in [1.165, 1.54) is 5.56 Å². The van der Waals surface area contributed by atoms with Crippen molar-refractivity contribution >= 4 is 17.0 Å². The highest BCUT2D eigenvalue weighted by molar-refractivity contribution is 7.07. The standard InChI is InChI=1S/C14H15NO2S/c1-14(2)16-12-4-3-11(7-13(12)17-14)15-8-10-5-6-18-9-10/h3-7,9,15H,8H2,1-2H3. The number of benzene rings is 1. The van der Waals surface area contributed by atoms with Gasteiger partial charge in [0.15, 0.2) is 11.5 Å². The topological polar surface area (TPSA) is 30.5 Å². The molecule has 0 bridgehead atoms. The molecule has 1 aliphatic rings. The van der Waals surface area contributed by atoms with Gasteiger partial charge in [0.1, 0.15) is 0 Å². The van der Waals surface area contributed by atoms with Crippen LogP contribution in [0.2, 0.25) is 0 Å². The molecule has 2 aromatic rings. The Hall–Kier alpha value is -1.68. The predicted molar refractivity (Wildman–Crippen MR) is 73.4 cm³/mol. The molecule has 1 N–H and O–H groups in total. The van der Waals surface area contributed by atoms with E-state index in [0.29, 0.717) is 0 Å². The Kier molecular flexibility index (Phi) is 2.67. The normalized spacial score (nSPS) is 15.7. The summed E-state index contributed by atoms with van der Waals surface area (Å²) in [6.45, 7) is 4.64. The van der Waals surface area contributed by atoms with Gasteiger partial charge in [0.25, 0.3) is 0 Å². The second-order valence-electron chi connectivity index (χ2n) is 4.75. The van der Waals surface area contributed by atoms with Crippen LogP contribution in [0.15, 0.2) is 35.0 Å². The molecule has 0 radical (unpaired) electrons. The van der Waals surface area contributed by atoms with Gasteiger partial charge in [-0.3, -0.25) is 0 Å². The van der Waals surface area contributed by atoms with Crippen molar-refractivity contribution in [1.29, 1.82) is 0 Å². The minimum absolute atomic E-state index is 0.561. The number of rotatable bonds is 3. The molecular formula is C14H15NO2S. The Morgan fingerprint density at radius 3 is 2.78 bits per heavy atom. The maximum atomic E-state index is 5.71. The highest BCUT2D eigenvalue weighted by atomic mass is 32.1. The number of hydrogen-bond donors (Lipinski definition) is 1. The van der Waals surface area contributed by atoms with Gasteiger partial charge < -0.3 is 14.8 Å². The van der Waals surface area contributed by atoms with Gasteiger partial charge in [-0.05, 0) is 34.5 Å². The van der Waals surface area contributed by atoms with Crippen LogP contribution in [-0.4, -0.2) is 5.79 Å². The first kappa shape index (κ1) is 11.4. The van der Waals surface area contributed by atoms with E-state index in [1.54, 1.807) is 11.3 Å². The minimum atomic E-state index is -0.561. The van der Waals surface area contributed by atoms with E-state index < -0.39 is 5.79 Å². The van der Waals surface area contributed by atoms with Gasteiger partial charge in [0, 0.05) is 32.1 Å². The lowest BCUT2D eigenvalue weighted by atomic mass is 10.2. The van der Waals surface area contributed by atoms with Crippen LogP contribution in [0.3, 0.4) is 0 Å². The third-order valence-corrected chi connectivity index (χ3v) is 3.46. The van der Waals surface area contributed by atoms with Gasteiger partial charge in [0.2, 0.25) is 5.79 Å². The molecule has 4 heteroatoms. The fraction of sp³-hybridized carbons (Fsp3) is 0.286. The first-order valence-corrected chi connectivity index (χ1v) is 6.84. The molecule has 1 aromatic carbocycles. The van der Waals surface area contributed by atoms with Crippen LogP contribution >= 0.6 is 11.3 Å². The summed E-state index contributed by atoms with van der Waals surface area (Å²) in [5.74, 6) is 1.05. The predicted octanol–water partition coefficient (Wildman–Crippen LogP) is 3.87. The minimum Gasteiger partial charge on any atom is -0.449 e. The molecule has 3 nitrogen and oxygen atoms in total. The van der Waals surface area contributed by atoms with Crippen LogP contribution in [0.4, 0.5) is 5.69 Å². The number of nitrogens with one attached hydrogen (secondary N) is 1. The second-order valence-corrected chi connectivity index (χ2v) is 5.53. The molecule has 0 unspecified atom stereocenters. The molecule has 2 heterocycles.